The van der Waals surface area contributed by atoms with Crippen LogP contribution in [0.25, 0.3) is 0 Å². The van der Waals surface area contributed by atoms with Crippen molar-refractivity contribution in [3.63, 3.8) is 0 Å². The molecule has 19 heavy (non-hydrogen) atoms. The summed E-state index contributed by atoms with van der Waals surface area (Å²) in [5.74, 6) is -2.51. The number of benzene rings is 2. The van der Waals surface area contributed by atoms with Crippen molar-refractivity contribution >= 4 is 5.69 Å². The van der Waals surface area contributed by atoms with Gasteiger partial charge in [-0.2, -0.15) is 5.26 Å². The van der Waals surface area contributed by atoms with E-state index < -0.39 is 17.5 Å². The maximum atomic E-state index is 13.5. The Morgan fingerprint density at radius 2 is 1.84 bits per heavy atom. The van der Waals surface area contributed by atoms with Crippen molar-refractivity contribution in [3.8, 4) is 6.07 Å². The minimum absolute atomic E-state index is 0.0492. The summed E-state index contributed by atoms with van der Waals surface area (Å²) in [5.41, 5.74) is 0.423. The van der Waals surface area contributed by atoms with Gasteiger partial charge in [0.15, 0.2) is 11.6 Å². The number of nitrogens with zero attached hydrogens (tertiary/aromatic N) is 1. The van der Waals surface area contributed by atoms with E-state index in [9.17, 15) is 13.2 Å². The lowest BCUT2D eigenvalue weighted by Gasteiger charge is -2.08. The summed E-state index contributed by atoms with van der Waals surface area (Å²) in [6.07, 6.45) is 0. The predicted octanol–water partition coefficient (Wildman–Crippen LogP) is 3.59. The molecule has 1 N–H and O–H groups in total. The second kappa shape index (κ2) is 5.44. The summed E-state index contributed by atoms with van der Waals surface area (Å²) in [7, 11) is 0. The van der Waals surface area contributed by atoms with Gasteiger partial charge in [0.1, 0.15) is 5.82 Å². The summed E-state index contributed by atoms with van der Waals surface area (Å²) in [6, 6.07) is 9.50. The molecule has 0 saturated heterocycles. The number of nitrogens with one attached hydrogen (secondary N) is 1. The van der Waals surface area contributed by atoms with Gasteiger partial charge in [-0.3, -0.25) is 0 Å². The van der Waals surface area contributed by atoms with Crippen LogP contribution in [0.5, 0.6) is 0 Å². The summed E-state index contributed by atoms with van der Waals surface area (Å²) in [4.78, 5) is 0. The highest BCUT2D eigenvalue weighted by molar-refractivity contribution is 5.49. The molecule has 2 aromatic carbocycles. The van der Waals surface area contributed by atoms with Gasteiger partial charge in [0.25, 0.3) is 0 Å². The molecule has 0 unspecified atom stereocenters. The lowest BCUT2D eigenvalue weighted by Crippen LogP contribution is -2.04. The van der Waals surface area contributed by atoms with E-state index in [2.05, 4.69) is 5.32 Å². The zero-order chi connectivity index (χ0) is 13.8. The fourth-order valence-electron chi connectivity index (χ4n) is 1.60. The smallest absolute Gasteiger partial charge is 0.163 e. The van der Waals surface area contributed by atoms with Crippen LogP contribution in [0.2, 0.25) is 0 Å². The fourth-order valence-corrected chi connectivity index (χ4v) is 1.60. The topological polar surface area (TPSA) is 35.8 Å². The Hall–Kier alpha value is -2.48. The number of anilines is 1. The molecule has 5 heteroatoms. The van der Waals surface area contributed by atoms with Gasteiger partial charge in [0.05, 0.1) is 17.3 Å². The summed E-state index contributed by atoms with van der Waals surface area (Å²) < 4.78 is 39.9. The largest absolute Gasteiger partial charge is 0.378 e. The average molecular weight is 262 g/mol. The normalized spacial score (nSPS) is 10.0. The first-order valence-corrected chi connectivity index (χ1v) is 5.48. The maximum absolute atomic E-state index is 13.5. The quantitative estimate of drug-likeness (QED) is 0.917. The molecular formula is C14H9F3N2. The number of rotatable bonds is 3. The summed E-state index contributed by atoms with van der Waals surface area (Å²) in [5, 5.41) is 11.3. The van der Waals surface area contributed by atoms with Crippen molar-refractivity contribution < 1.29 is 13.2 Å². The molecule has 0 saturated carbocycles. The Balaban J connectivity index is 2.15. The van der Waals surface area contributed by atoms with E-state index in [1.54, 1.807) is 0 Å². The summed E-state index contributed by atoms with van der Waals surface area (Å²) >= 11 is 0. The molecule has 0 heterocycles. The second-order valence-electron chi connectivity index (χ2n) is 3.87. The Bertz CT molecular complexity index is 648. The van der Waals surface area contributed by atoms with Gasteiger partial charge in [-0.15, -0.1) is 0 Å². The molecule has 2 rings (SSSR count). The zero-order valence-electron chi connectivity index (χ0n) is 9.75. The predicted molar refractivity (Wildman–Crippen MR) is 64.8 cm³/mol. The lowest BCUT2D eigenvalue weighted by molar-refractivity contribution is 0.500. The van der Waals surface area contributed by atoms with Gasteiger partial charge < -0.3 is 5.32 Å². The molecule has 2 nitrogen and oxygen atoms in total. The number of halogens is 3. The zero-order valence-corrected chi connectivity index (χ0v) is 9.75. The van der Waals surface area contributed by atoms with E-state index in [4.69, 9.17) is 5.26 Å². The molecule has 0 bridgehead atoms. The van der Waals surface area contributed by atoms with Crippen LogP contribution < -0.4 is 5.32 Å². The first-order chi connectivity index (χ1) is 9.11. The second-order valence-corrected chi connectivity index (χ2v) is 3.87. The highest BCUT2D eigenvalue weighted by Gasteiger charge is 2.08. The molecule has 0 aliphatic rings. The molecule has 0 aliphatic carbocycles. The van der Waals surface area contributed by atoms with Gasteiger partial charge in [0.2, 0.25) is 0 Å². The van der Waals surface area contributed by atoms with Crippen LogP contribution >= 0.6 is 0 Å². The van der Waals surface area contributed by atoms with Crippen LogP contribution in [-0.4, -0.2) is 0 Å². The van der Waals surface area contributed by atoms with Crippen LogP contribution in [0.3, 0.4) is 0 Å². The number of nitriles is 1. The SMILES string of the molecule is N#Cc1ccc(NCc2cccc(F)c2F)c(F)c1. The van der Waals surface area contributed by atoms with Crippen molar-refractivity contribution in [2.75, 3.05) is 5.32 Å². The third-order valence-electron chi connectivity index (χ3n) is 2.60. The molecule has 0 fully saturated rings. The van der Waals surface area contributed by atoms with Gasteiger partial charge >= 0.3 is 0 Å². The fraction of sp³-hybridized carbons (Fsp3) is 0.0714. The Labute approximate surface area is 108 Å². The number of hydrogen-bond donors (Lipinski definition) is 1. The van der Waals surface area contributed by atoms with E-state index in [1.165, 1.54) is 24.3 Å². The third-order valence-corrected chi connectivity index (χ3v) is 2.60. The molecule has 0 amide bonds. The Morgan fingerprint density at radius 3 is 2.53 bits per heavy atom. The summed E-state index contributed by atoms with van der Waals surface area (Å²) in [6.45, 7) is -0.0492. The van der Waals surface area contributed by atoms with E-state index in [0.29, 0.717) is 0 Å². The van der Waals surface area contributed by atoms with Gasteiger partial charge in [-0.05, 0) is 24.3 Å². The Kier molecular flexibility index (Phi) is 3.71. The van der Waals surface area contributed by atoms with Crippen molar-refractivity contribution in [2.24, 2.45) is 0 Å². The minimum atomic E-state index is -0.955. The first kappa shape index (κ1) is 13.0. The Morgan fingerprint density at radius 1 is 1.05 bits per heavy atom. The maximum Gasteiger partial charge on any atom is 0.163 e. The highest BCUT2D eigenvalue weighted by atomic mass is 19.2. The number of hydrogen-bond acceptors (Lipinski definition) is 2. The van der Waals surface area contributed by atoms with Gasteiger partial charge in [-0.25, -0.2) is 13.2 Å². The van der Waals surface area contributed by atoms with Crippen LogP contribution in [0, 0.1) is 28.8 Å². The molecule has 0 aliphatic heterocycles. The monoisotopic (exact) mass is 262 g/mol. The van der Waals surface area contributed by atoms with E-state index in [0.717, 1.165) is 12.1 Å². The molecular weight excluding hydrogens is 253 g/mol. The lowest BCUT2D eigenvalue weighted by atomic mass is 10.2. The highest BCUT2D eigenvalue weighted by Crippen LogP contribution is 2.18. The van der Waals surface area contributed by atoms with E-state index in [1.807, 2.05) is 6.07 Å². The molecule has 0 spiro atoms. The molecule has 2 aromatic rings. The average Bonchev–Trinajstić information content (AvgIpc) is 2.41. The van der Waals surface area contributed by atoms with Gasteiger partial charge in [0, 0.05) is 12.1 Å². The van der Waals surface area contributed by atoms with Crippen molar-refractivity contribution in [3.05, 3.63) is 65.0 Å². The standard InChI is InChI=1S/C14H9F3N2/c15-11-3-1-2-10(14(11)17)8-19-13-5-4-9(7-18)6-12(13)16/h1-6,19H,8H2. The van der Waals surface area contributed by atoms with Crippen molar-refractivity contribution in [1.29, 1.82) is 5.26 Å². The molecule has 0 atom stereocenters. The van der Waals surface area contributed by atoms with E-state index in [-0.39, 0.29) is 23.4 Å². The van der Waals surface area contributed by atoms with E-state index >= 15 is 0 Å². The molecule has 96 valence electrons. The minimum Gasteiger partial charge on any atom is -0.378 e. The third kappa shape index (κ3) is 2.86. The first-order valence-electron chi connectivity index (χ1n) is 5.48. The van der Waals surface area contributed by atoms with Crippen LogP contribution in [0.1, 0.15) is 11.1 Å². The van der Waals surface area contributed by atoms with Crippen molar-refractivity contribution in [1.82, 2.24) is 0 Å². The van der Waals surface area contributed by atoms with Gasteiger partial charge in [-0.1, -0.05) is 12.1 Å². The molecule has 0 radical (unpaired) electrons. The van der Waals surface area contributed by atoms with Crippen LogP contribution in [-0.2, 0) is 6.54 Å². The van der Waals surface area contributed by atoms with Crippen LogP contribution in [0.4, 0.5) is 18.9 Å². The van der Waals surface area contributed by atoms with Crippen LogP contribution in [0.15, 0.2) is 36.4 Å². The molecule has 0 aromatic heterocycles. The van der Waals surface area contributed by atoms with Crippen molar-refractivity contribution in [2.45, 2.75) is 6.54 Å².